The minimum absolute atomic E-state index is 0.172. The van der Waals surface area contributed by atoms with Crippen LogP contribution in [-0.2, 0) is 16.9 Å². The fraction of sp³-hybridized carbons (Fsp3) is 0.182. The second kappa shape index (κ2) is 6.84. The predicted octanol–water partition coefficient (Wildman–Crippen LogP) is 4.47. The second-order valence-electron chi connectivity index (χ2n) is 7.00. The van der Waals surface area contributed by atoms with Gasteiger partial charge < -0.3 is 10.1 Å². The SMILES string of the molecule is COc1ccc2cc([C@@]3(C)NC(=O)N(Cc4cccc(Cl)c4)C3=O)ccc2c1. The van der Waals surface area contributed by atoms with Gasteiger partial charge in [-0.2, -0.15) is 0 Å². The van der Waals surface area contributed by atoms with E-state index in [0.29, 0.717) is 5.02 Å². The Morgan fingerprint density at radius 2 is 1.79 bits per heavy atom. The van der Waals surface area contributed by atoms with Gasteiger partial charge in [-0.25, -0.2) is 4.79 Å². The Morgan fingerprint density at radius 3 is 2.54 bits per heavy atom. The highest BCUT2D eigenvalue weighted by atomic mass is 35.5. The molecule has 0 aromatic heterocycles. The number of carbonyl (C=O) groups excluding carboxylic acids is 2. The van der Waals surface area contributed by atoms with Gasteiger partial charge in [0.25, 0.3) is 5.91 Å². The first-order valence-electron chi connectivity index (χ1n) is 8.87. The molecular formula is C22H19ClN2O3. The van der Waals surface area contributed by atoms with E-state index in [4.69, 9.17) is 16.3 Å². The standard InChI is InChI=1S/C22H19ClN2O3/c1-22(17-8-6-16-12-19(28-2)9-7-15(16)11-17)20(26)25(21(27)24-22)13-14-4-3-5-18(23)10-14/h3-12H,13H2,1-2H3,(H,24,27)/t22-/m1/s1. The summed E-state index contributed by atoms with van der Waals surface area (Å²) in [7, 11) is 1.62. The van der Waals surface area contributed by atoms with Crippen LogP contribution in [0.5, 0.6) is 5.75 Å². The Morgan fingerprint density at radius 1 is 1.04 bits per heavy atom. The van der Waals surface area contributed by atoms with Crippen molar-refractivity contribution in [3.8, 4) is 5.75 Å². The number of nitrogens with one attached hydrogen (secondary N) is 1. The van der Waals surface area contributed by atoms with Crippen molar-refractivity contribution in [2.45, 2.75) is 19.0 Å². The molecular weight excluding hydrogens is 376 g/mol. The van der Waals surface area contributed by atoms with Crippen LogP contribution >= 0.6 is 11.6 Å². The maximum absolute atomic E-state index is 13.2. The minimum atomic E-state index is -1.12. The molecule has 0 radical (unpaired) electrons. The fourth-order valence-corrected chi connectivity index (χ4v) is 3.73. The summed E-state index contributed by atoms with van der Waals surface area (Å²) in [6.07, 6.45) is 0. The number of fused-ring (bicyclic) bond motifs is 1. The van der Waals surface area contributed by atoms with Crippen molar-refractivity contribution in [3.63, 3.8) is 0 Å². The van der Waals surface area contributed by atoms with Gasteiger partial charge in [0, 0.05) is 5.02 Å². The number of methoxy groups -OCH3 is 1. The largest absolute Gasteiger partial charge is 0.497 e. The number of benzene rings is 3. The highest BCUT2D eigenvalue weighted by Crippen LogP contribution is 2.32. The molecule has 0 spiro atoms. The molecule has 5 nitrogen and oxygen atoms in total. The summed E-state index contributed by atoms with van der Waals surface area (Å²) in [5.41, 5.74) is 0.409. The number of hydrogen-bond donors (Lipinski definition) is 1. The molecule has 1 saturated heterocycles. The van der Waals surface area contributed by atoms with Crippen LogP contribution in [0.3, 0.4) is 0 Å². The van der Waals surface area contributed by atoms with E-state index < -0.39 is 11.6 Å². The van der Waals surface area contributed by atoms with Crippen molar-refractivity contribution < 1.29 is 14.3 Å². The molecule has 4 rings (SSSR count). The van der Waals surface area contributed by atoms with Crippen LogP contribution in [0.15, 0.2) is 60.7 Å². The minimum Gasteiger partial charge on any atom is -0.497 e. The van der Waals surface area contributed by atoms with E-state index in [1.807, 2.05) is 42.5 Å². The molecule has 1 atom stereocenters. The number of nitrogens with zero attached hydrogens (tertiary/aromatic N) is 1. The average Bonchev–Trinajstić information content (AvgIpc) is 2.91. The summed E-state index contributed by atoms with van der Waals surface area (Å²) in [6, 6.07) is 18.2. The van der Waals surface area contributed by atoms with E-state index in [1.54, 1.807) is 32.2 Å². The van der Waals surface area contributed by atoms with Crippen LogP contribution < -0.4 is 10.1 Å². The van der Waals surface area contributed by atoms with E-state index in [1.165, 1.54) is 4.90 Å². The monoisotopic (exact) mass is 394 g/mol. The molecule has 0 bridgehead atoms. The van der Waals surface area contributed by atoms with Gasteiger partial charge in [0.15, 0.2) is 0 Å². The molecule has 3 aromatic carbocycles. The Bertz CT molecular complexity index is 1100. The molecule has 1 heterocycles. The molecule has 0 aliphatic carbocycles. The number of carbonyl (C=O) groups is 2. The van der Waals surface area contributed by atoms with Gasteiger partial charge in [-0.3, -0.25) is 9.69 Å². The lowest BCUT2D eigenvalue weighted by Crippen LogP contribution is -2.40. The molecule has 6 heteroatoms. The first-order valence-corrected chi connectivity index (χ1v) is 9.25. The zero-order chi connectivity index (χ0) is 19.9. The predicted molar refractivity (Wildman–Crippen MR) is 108 cm³/mol. The molecule has 1 N–H and O–H groups in total. The zero-order valence-corrected chi connectivity index (χ0v) is 16.3. The Kier molecular flexibility index (Phi) is 4.47. The molecule has 3 aromatic rings. The van der Waals surface area contributed by atoms with Crippen LogP contribution in [-0.4, -0.2) is 23.9 Å². The van der Waals surface area contributed by atoms with Crippen molar-refractivity contribution in [1.82, 2.24) is 10.2 Å². The van der Waals surface area contributed by atoms with Crippen LogP contribution in [0, 0.1) is 0 Å². The van der Waals surface area contributed by atoms with Gasteiger partial charge in [-0.15, -0.1) is 0 Å². The zero-order valence-electron chi connectivity index (χ0n) is 15.5. The Labute approximate surface area is 167 Å². The molecule has 1 aliphatic heterocycles. The lowest BCUT2D eigenvalue weighted by molar-refractivity contribution is -0.131. The van der Waals surface area contributed by atoms with Crippen molar-refractivity contribution in [2.75, 3.05) is 7.11 Å². The number of urea groups is 1. The van der Waals surface area contributed by atoms with E-state index in [-0.39, 0.29) is 12.5 Å². The summed E-state index contributed by atoms with van der Waals surface area (Å²) in [6.45, 7) is 1.90. The lowest BCUT2D eigenvalue weighted by atomic mass is 9.90. The molecule has 142 valence electrons. The van der Waals surface area contributed by atoms with E-state index >= 15 is 0 Å². The van der Waals surface area contributed by atoms with Crippen LogP contribution in [0.2, 0.25) is 5.02 Å². The van der Waals surface area contributed by atoms with Gasteiger partial charge in [0.2, 0.25) is 0 Å². The Balaban J connectivity index is 1.66. The highest BCUT2D eigenvalue weighted by Gasteiger charge is 2.48. The van der Waals surface area contributed by atoms with Gasteiger partial charge in [0.05, 0.1) is 13.7 Å². The molecule has 1 aliphatic rings. The first kappa shape index (κ1) is 18.3. The fourth-order valence-electron chi connectivity index (χ4n) is 3.52. The lowest BCUT2D eigenvalue weighted by Gasteiger charge is -2.23. The third kappa shape index (κ3) is 3.08. The average molecular weight is 395 g/mol. The summed E-state index contributed by atoms with van der Waals surface area (Å²) < 4.78 is 5.26. The quantitative estimate of drug-likeness (QED) is 0.664. The number of halogens is 1. The number of imide groups is 1. The number of hydrogen-bond acceptors (Lipinski definition) is 3. The maximum Gasteiger partial charge on any atom is 0.325 e. The van der Waals surface area contributed by atoms with Crippen molar-refractivity contribution in [2.24, 2.45) is 0 Å². The van der Waals surface area contributed by atoms with Crippen LogP contribution in [0.1, 0.15) is 18.1 Å². The molecule has 1 fully saturated rings. The van der Waals surface area contributed by atoms with Gasteiger partial charge in [-0.05, 0) is 59.2 Å². The van der Waals surface area contributed by atoms with Gasteiger partial charge >= 0.3 is 6.03 Å². The maximum atomic E-state index is 13.2. The summed E-state index contributed by atoms with van der Waals surface area (Å²) in [4.78, 5) is 26.9. The molecule has 0 saturated carbocycles. The summed E-state index contributed by atoms with van der Waals surface area (Å²) in [5, 5.41) is 5.38. The highest BCUT2D eigenvalue weighted by molar-refractivity contribution is 6.30. The summed E-state index contributed by atoms with van der Waals surface area (Å²) in [5.74, 6) is 0.481. The summed E-state index contributed by atoms with van der Waals surface area (Å²) >= 11 is 6.02. The molecule has 28 heavy (non-hydrogen) atoms. The van der Waals surface area contributed by atoms with E-state index in [0.717, 1.165) is 27.6 Å². The molecule has 0 unspecified atom stereocenters. The Hall–Kier alpha value is -3.05. The normalized spacial score (nSPS) is 19.2. The van der Waals surface area contributed by atoms with Gasteiger partial charge in [0.1, 0.15) is 11.3 Å². The van der Waals surface area contributed by atoms with E-state index in [2.05, 4.69) is 5.32 Å². The smallest absolute Gasteiger partial charge is 0.325 e. The number of ether oxygens (including phenoxy) is 1. The topological polar surface area (TPSA) is 58.6 Å². The van der Waals surface area contributed by atoms with Crippen molar-refractivity contribution >= 4 is 34.3 Å². The van der Waals surface area contributed by atoms with Crippen LogP contribution in [0.4, 0.5) is 4.79 Å². The number of rotatable bonds is 4. The molecule has 3 amide bonds. The van der Waals surface area contributed by atoms with Gasteiger partial charge in [-0.1, -0.05) is 41.9 Å². The van der Waals surface area contributed by atoms with Crippen molar-refractivity contribution in [3.05, 3.63) is 76.8 Å². The third-order valence-electron chi connectivity index (χ3n) is 5.13. The second-order valence-corrected chi connectivity index (χ2v) is 7.44. The first-order chi connectivity index (χ1) is 13.4. The van der Waals surface area contributed by atoms with Crippen molar-refractivity contribution in [1.29, 1.82) is 0 Å². The van der Waals surface area contributed by atoms with E-state index in [9.17, 15) is 9.59 Å². The number of amides is 3. The van der Waals surface area contributed by atoms with Crippen LogP contribution in [0.25, 0.3) is 10.8 Å². The third-order valence-corrected chi connectivity index (χ3v) is 5.36.